The molecule has 0 aromatic rings. The maximum atomic E-state index is 9.52. The molecule has 0 atom stereocenters. The van der Waals surface area contributed by atoms with Gasteiger partial charge in [-0.1, -0.05) is 0 Å². The van der Waals surface area contributed by atoms with Crippen LogP contribution in [0.4, 0.5) is 0 Å². The van der Waals surface area contributed by atoms with Gasteiger partial charge in [-0.05, 0) is 0 Å². The predicted octanol–water partition coefficient (Wildman–Crippen LogP) is -0.325. The Kier molecular flexibility index (Phi) is 7.71. The second-order valence-corrected chi connectivity index (χ2v) is 1.56. The number of hydrogen-bond acceptors (Lipinski definition) is 5. The van der Waals surface area contributed by atoms with Gasteiger partial charge in [-0.2, -0.15) is 0 Å². The van der Waals surface area contributed by atoms with Crippen LogP contribution < -0.4 is 0 Å². The SMILES string of the molecule is O=C=NCCOCCN=C=O. The Morgan fingerprint density at radius 1 is 1.00 bits per heavy atom. The first-order valence-electron chi connectivity index (χ1n) is 3.07. The van der Waals surface area contributed by atoms with E-state index in [0.717, 1.165) is 0 Å². The maximum Gasteiger partial charge on any atom is 0.235 e. The minimum Gasteiger partial charge on any atom is -0.378 e. The topological polar surface area (TPSA) is 68.1 Å². The molecule has 0 aliphatic carbocycles. The summed E-state index contributed by atoms with van der Waals surface area (Å²) in [5, 5.41) is 0. The molecule has 0 radical (unpaired) electrons. The van der Waals surface area contributed by atoms with Crippen LogP contribution in [0.3, 0.4) is 0 Å². The van der Waals surface area contributed by atoms with Crippen molar-refractivity contribution in [2.75, 3.05) is 26.3 Å². The van der Waals surface area contributed by atoms with Gasteiger partial charge in [-0.25, -0.2) is 19.6 Å². The summed E-state index contributed by atoms with van der Waals surface area (Å²) >= 11 is 0. The normalized spacial score (nSPS) is 8.00. The average molecular weight is 156 g/mol. The van der Waals surface area contributed by atoms with Crippen LogP contribution in [0.15, 0.2) is 9.98 Å². The van der Waals surface area contributed by atoms with Gasteiger partial charge in [0.05, 0.1) is 26.3 Å². The third-order valence-electron chi connectivity index (χ3n) is 0.824. The number of rotatable bonds is 6. The fraction of sp³-hybridized carbons (Fsp3) is 0.667. The van der Waals surface area contributed by atoms with Crippen molar-refractivity contribution in [3.63, 3.8) is 0 Å². The molecule has 0 saturated carbocycles. The molecular weight excluding hydrogens is 148 g/mol. The van der Waals surface area contributed by atoms with Crippen LogP contribution in [-0.4, -0.2) is 38.5 Å². The Labute approximate surface area is 63.8 Å². The van der Waals surface area contributed by atoms with Gasteiger partial charge in [0.1, 0.15) is 0 Å². The van der Waals surface area contributed by atoms with E-state index in [2.05, 4.69) is 9.98 Å². The van der Waals surface area contributed by atoms with Crippen molar-refractivity contribution in [3.05, 3.63) is 0 Å². The molecule has 0 amide bonds. The summed E-state index contributed by atoms with van der Waals surface area (Å²) in [6, 6.07) is 0. The molecule has 0 heterocycles. The third kappa shape index (κ3) is 8.72. The Morgan fingerprint density at radius 2 is 1.45 bits per heavy atom. The van der Waals surface area contributed by atoms with E-state index in [1.54, 1.807) is 0 Å². The van der Waals surface area contributed by atoms with E-state index in [1.807, 2.05) is 0 Å². The van der Waals surface area contributed by atoms with Crippen molar-refractivity contribution in [3.8, 4) is 0 Å². The molecule has 5 nitrogen and oxygen atoms in total. The molecule has 5 heteroatoms. The number of carbonyl (C=O) groups excluding carboxylic acids is 2. The molecule has 60 valence electrons. The van der Waals surface area contributed by atoms with Gasteiger partial charge in [-0.3, -0.25) is 0 Å². The first kappa shape index (κ1) is 9.72. The Morgan fingerprint density at radius 3 is 1.82 bits per heavy atom. The van der Waals surface area contributed by atoms with E-state index in [0.29, 0.717) is 26.3 Å². The highest BCUT2D eigenvalue weighted by Gasteiger charge is 1.84. The smallest absolute Gasteiger partial charge is 0.235 e. The van der Waals surface area contributed by atoms with Gasteiger partial charge in [0.15, 0.2) is 0 Å². The lowest BCUT2D eigenvalue weighted by atomic mass is 10.7. The van der Waals surface area contributed by atoms with Crippen LogP contribution in [0, 0.1) is 0 Å². The molecule has 0 aromatic carbocycles. The summed E-state index contributed by atoms with van der Waals surface area (Å²) < 4.78 is 4.89. The number of isocyanates is 2. The molecule has 0 unspecified atom stereocenters. The van der Waals surface area contributed by atoms with Gasteiger partial charge in [0.2, 0.25) is 12.2 Å². The van der Waals surface area contributed by atoms with E-state index >= 15 is 0 Å². The molecule has 0 aromatic heterocycles. The highest BCUT2D eigenvalue weighted by atomic mass is 16.5. The first-order valence-corrected chi connectivity index (χ1v) is 3.07. The van der Waals surface area contributed by atoms with Gasteiger partial charge >= 0.3 is 0 Å². The van der Waals surface area contributed by atoms with Gasteiger partial charge in [-0.15, -0.1) is 0 Å². The van der Waals surface area contributed by atoms with E-state index in [1.165, 1.54) is 12.2 Å². The number of nitrogens with zero attached hydrogens (tertiary/aromatic N) is 2. The molecular formula is C6H8N2O3. The predicted molar refractivity (Wildman–Crippen MR) is 36.8 cm³/mol. The third-order valence-corrected chi connectivity index (χ3v) is 0.824. The lowest BCUT2D eigenvalue weighted by molar-refractivity contribution is 0.150. The second-order valence-electron chi connectivity index (χ2n) is 1.56. The van der Waals surface area contributed by atoms with Gasteiger partial charge in [0, 0.05) is 0 Å². The monoisotopic (exact) mass is 156 g/mol. The minimum atomic E-state index is 0.300. The Balaban J connectivity index is 3.02. The summed E-state index contributed by atoms with van der Waals surface area (Å²) in [4.78, 5) is 25.5. The molecule has 11 heavy (non-hydrogen) atoms. The van der Waals surface area contributed by atoms with E-state index in [9.17, 15) is 9.59 Å². The number of ether oxygens (including phenoxy) is 1. The molecule has 0 aliphatic heterocycles. The Bertz CT molecular complexity index is 160. The highest BCUT2D eigenvalue weighted by molar-refractivity contribution is 5.32. The first-order chi connectivity index (χ1) is 5.41. The lowest BCUT2D eigenvalue weighted by Gasteiger charge is -1.95. The maximum absolute atomic E-state index is 9.52. The molecule has 0 aliphatic rings. The van der Waals surface area contributed by atoms with Crippen LogP contribution in [0.1, 0.15) is 0 Å². The molecule has 0 bridgehead atoms. The summed E-state index contributed by atoms with van der Waals surface area (Å²) in [5.41, 5.74) is 0. The molecule has 0 saturated heterocycles. The second kappa shape index (κ2) is 8.72. The fourth-order valence-corrected chi connectivity index (χ4v) is 0.414. The molecule has 0 fully saturated rings. The summed E-state index contributed by atoms with van der Waals surface area (Å²) in [5.74, 6) is 0. The standard InChI is InChI=1S/C6H8N2O3/c9-5-7-1-3-11-4-2-8-6-10/h1-4H2. The van der Waals surface area contributed by atoms with E-state index in [4.69, 9.17) is 4.74 Å². The van der Waals surface area contributed by atoms with Crippen molar-refractivity contribution >= 4 is 12.2 Å². The summed E-state index contributed by atoms with van der Waals surface area (Å²) in [6.45, 7) is 1.30. The van der Waals surface area contributed by atoms with Gasteiger partial charge < -0.3 is 4.74 Å². The van der Waals surface area contributed by atoms with Crippen LogP contribution in [0.25, 0.3) is 0 Å². The van der Waals surface area contributed by atoms with Crippen molar-refractivity contribution in [2.24, 2.45) is 9.98 Å². The fourth-order valence-electron chi connectivity index (χ4n) is 0.414. The number of aliphatic imine (C=N–C) groups is 2. The molecule has 0 spiro atoms. The van der Waals surface area contributed by atoms with Gasteiger partial charge in [0.25, 0.3) is 0 Å². The van der Waals surface area contributed by atoms with Crippen LogP contribution in [-0.2, 0) is 14.3 Å². The molecule has 0 rings (SSSR count). The summed E-state index contributed by atoms with van der Waals surface area (Å²) in [6.07, 6.45) is 2.76. The van der Waals surface area contributed by atoms with Crippen LogP contribution in [0.2, 0.25) is 0 Å². The molecule has 0 N–H and O–H groups in total. The zero-order valence-electron chi connectivity index (χ0n) is 5.95. The highest BCUT2D eigenvalue weighted by Crippen LogP contribution is 1.75. The zero-order chi connectivity index (χ0) is 8.36. The zero-order valence-corrected chi connectivity index (χ0v) is 5.95. The minimum absolute atomic E-state index is 0.300. The van der Waals surface area contributed by atoms with Crippen molar-refractivity contribution in [1.29, 1.82) is 0 Å². The van der Waals surface area contributed by atoms with Crippen molar-refractivity contribution < 1.29 is 14.3 Å². The Hall–Kier alpha value is -1.28. The largest absolute Gasteiger partial charge is 0.378 e. The van der Waals surface area contributed by atoms with Crippen LogP contribution >= 0.6 is 0 Å². The summed E-state index contributed by atoms with van der Waals surface area (Å²) in [7, 11) is 0. The van der Waals surface area contributed by atoms with Crippen molar-refractivity contribution in [2.45, 2.75) is 0 Å². The quantitative estimate of drug-likeness (QED) is 0.300. The van der Waals surface area contributed by atoms with E-state index < -0.39 is 0 Å². The number of hydrogen-bond donors (Lipinski definition) is 0. The lowest BCUT2D eigenvalue weighted by Crippen LogP contribution is -2.01. The average Bonchev–Trinajstić information content (AvgIpc) is 2.03. The van der Waals surface area contributed by atoms with Crippen LogP contribution in [0.5, 0.6) is 0 Å². The van der Waals surface area contributed by atoms with Crippen molar-refractivity contribution in [1.82, 2.24) is 0 Å². The van der Waals surface area contributed by atoms with E-state index in [-0.39, 0.29) is 0 Å².